The van der Waals surface area contributed by atoms with Crippen LogP contribution in [0.5, 0.6) is 0 Å². The third-order valence-electron chi connectivity index (χ3n) is 4.41. The highest BCUT2D eigenvalue weighted by Gasteiger charge is 2.23. The zero-order chi connectivity index (χ0) is 18.4. The lowest BCUT2D eigenvalue weighted by Gasteiger charge is -2.31. The number of para-hydroxylation sites is 1. The van der Waals surface area contributed by atoms with Crippen molar-refractivity contribution in [3.8, 4) is 0 Å². The molecule has 3 rings (SSSR count). The summed E-state index contributed by atoms with van der Waals surface area (Å²) < 4.78 is 0. The molecule has 0 atom stereocenters. The highest BCUT2D eigenvalue weighted by molar-refractivity contribution is 5.94. The normalized spacial score (nSPS) is 15.4. The van der Waals surface area contributed by atoms with Gasteiger partial charge in [-0.2, -0.15) is 0 Å². The Morgan fingerprint density at radius 3 is 2.50 bits per heavy atom. The fourth-order valence-electron chi connectivity index (χ4n) is 3.02. The molecule has 0 bridgehead atoms. The summed E-state index contributed by atoms with van der Waals surface area (Å²) in [5.74, 6) is -0.401. The van der Waals surface area contributed by atoms with Gasteiger partial charge in [-0.1, -0.05) is 18.2 Å². The molecule has 1 aromatic carbocycles. The minimum atomic E-state index is -0.389. The maximum absolute atomic E-state index is 12.2. The number of nitrogens with one attached hydrogen (secondary N) is 3. The number of hydrogen-bond donors (Lipinski definition) is 3. The van der Waals surface area contributed by atoms with Crippen LogP contribution < -0.4 is 16.2 Å². The summed E-state index contributed by atoms with van der Waals surface area (Å²) in [7, 11) is 0. The molecule has 136 valence electrons. The average molecular weight is 354 g/mol. The number of carbonyl (C=O) groups excluding carboxylic acids is 2. The smallest absolute Gasteiger partial charge is 0.260 e. The number of carbonyl (C=O) groups is 2. The largest absolute Gasteiger partial charge is 0.349 e. The van der Waals surface area contributed by atoms with Crippen LogP contribution in [0.15, 0.2) is 53.5 Å². The third kappa shape index (κ3) is 4.80. The van der Waals surface area contributed by atoms with Crippen molar-refractivity contribution in [1.29, 1.82) is 0 Å². The first-order valence-corrected chi connectivity index (χ1v) is 8.67. The number of aromatic nitrogens is 1. The zero-order valence-corrected chi connectivity index (χ0v) is 14.4. The van der Waals surface area contributed by atoms with Crippen LogP contribution >= 0.6 is 0 Å². The van der Waals surface area contributed by atoms with Gasteiger partial charge in [-0.3, -0.25) is 19.3 Å². The van der Waals surface area contributed by atoms with E-state index in [2.05, 4.69) is 20.5 Å². The molecular weight excluding hydrogens is 332 g/mol. The minimum Gasteiger partial charge on any atom is -0.349 e. The Labute approximate surface area is 151 Å². The number of anilines is 1. The number of H-pyrrole nitrogens is 1. The zero-order valence-electron chi connectivity index (χ0n) is 14.4. The number of hydrogen-bond acceptors (Lipinski definition) is 4. The molecule has 0 radical (unpaired) electrons. The Morgan fingerprint density at radius 2 is 1.81 bits per heavy atom. The Balaban J connectivity index is 1.44. The molecule has 1 saturated heterocycles. The first-order valence-electron chi connectivity index (χ1n) is 8.67. The van der Waals surface area contributed by atoms with Gasteiger partial charge in [-0.25, -0.2) is 0 Å². The van der Waals surface area contributed by atoms with Gasteiger partial charge in [-0.05, 0) is 37.1 Å². The predicted octanol–water partition coefficient (Wildman–Crippen LogP) is 1.21. The molecule has 0 saturated carbocycles. The molecular formula is C19H22N4O3. The predicted molar refractivity (Wildman–Crippen MR) is 99.1 cm³/mol. The number of rotatable bonds is 5. The lowest BCUT2D eigenvalue weighted by Crippen LogP contribution is -2.47. The van der Waals surface area contributed by atoms with Crippen LogP contribution in [0.4, 0.5) is 5.69 Å². The molecule has 1 aliphatic rings. The SMILES string of the molecule is O=C(CN1CCC(NC(=O)c2ccc[nH]c2=O)CC1)Nc1ccccc1. The second-order valence-corrected chi connectivity index (χ2v) is 6.35. The molecule has 0 aliphatic carbocycles. The van der Waals surface area contributed by atoms with E-state index in [0.717, 1.165) is 31.6 Å². The molecule has 0 unspecified atom stereocenters. The first kappa shape index (κ1) is 17.9. The van der Waals surface area contributed by atoms with E-state index < -0.39 is 0 Å². The van der Waals surface area contributed by atoms with Crippen LogP contribution in [-0.2, 0) is 4.79 Å². The summed E-state index contributed by atoms with van der Waals surface area (Å²) in [6.45, 7) is 1.77. The van der Waals surface area contributed by atoms with Crippen molar-refractivity contribution in [2.45, 2.75) is 18.9 Å². The number of pyridine rings is 1. The van der Waals surface area contributed by atoms with E-state index in [4.69, 9.17) is 0 Å². The van der Waals surface area contributed by atoms with Crippen LogP contribution in [0.3, 0.4) is 0 Å². The first-order chi connectivity index (χ1) is 12.6. The van der Waals surface area contributed by atoms with Gasteiger partial charge in [0.1, 0.15) is 5.56 Å². The van der Waals surface area contributed by atoms with E-state index in [1.807, 2.05) is 30.3 Å². The van der Waals surface area contributed by atoms with Crippen LogP contribution in [0.1, 0.15) is 23.2 Å². The molecule has 7 nitrogen and oxygen atoms in total. The number of benzene rings is 1. The van der Waals surface area contributed by atoms with Gasteiger partial charge in [-0.15, -0.1) is 0 Å². The van der Waals surface area contributed by atoms with Crippen molar-refractivity contribution in [1.82, 2.24) is 15.2 Å². The van der Waals surface area contributed by atoms with Gasteiger partial charge < -0.3 is 15.6 Å². The van der Waals surface area contributed by atoms with E-state index in [9.17, 15) is 14.4 Å². The average Bonchev–Trinajstić information content (AvgIpc) is 2.64. The summed E-state index contributed by atoms with van der Waals surface area (Å²) in [6.07, 6.45) is 2.99. The van der Waals surface area contributed by atoms with E-state index in [-0.39, 0.29) is 29.0 Å². The summed E-state index contributed by atoms with van der Waals surface area (Å²) in [4.78, 5) is 40.5. The number of likely N-dealkylation sites (tertiary alicyclic amines) is 1. The Kier molecular flexibility index (Phi) is 5.80. The molecule has 0 spiro atoms. The molecule has 1 aromatic heterocycles. The molecule has 26 heavy (non-hydrogen) atoms. The lowest BCUT2D eigenvalue weighted by atomic mass is 10.0. The Hall–Kier alpha value is -2.93. The molecule has 3 N–H and O–H groups in total. The van der Waals surface area contributed by atoms with Gasteiger partial charge in [0.15, 0.2) is 0 Å². The van der Waals surface area contributed by atoms with Gasteiger partial charge in [0.25, 0.3) is 11.5 Å². The maximum Gasteiger partial charge on any atom is 0.260 e. The van der Waals surface area contributed by atoms with Crippen molar-refractivity contribution in [3.63, 3.8) is 0 Å². The number of piperidine rings is 1. The highest BCUT2D eigenvalue weighted by Crippen LogP contribution is 2.11. The van der Waals surface area contributed by atoms with Crippen LogP contribution in [0.25, 0.3) is 0 Å². The second kappa shape index (κ2) is 8.44. The summed E-state index contributed by atoms with van der Waals surface area (Å²) in [6, 6.07) is 12.5. The third-order valence-corrected chi connectivity index (χ3v) is 4.41. The lowest BCUT2D eigenvalue weighted by molar-refractivity contribution is -0.117. The second-order valence-electron chi connectivity index (χ2n) is 6.35. The van der Waals surface area contributed by atoms with Gasteiger partial charge in [0.05, 0.1) is 6.54 Å². The number of amides is 2. The Bertz CT molecular complexity index is 811. The van der Waals surface area contributed by atoms with Crippen LogP contribution in [-0.4, -0.2) is 47.4 Å². The van der Waals surface area contributed by atoms with Crippen molar-refractivity contribution in [2.24, 2.45) is 0 Å². The fraction of sp³-hybridized carbons (Fsp3) is 0.316. The molecule has 1 fully saturated rings. The quantitative estimate of drug-likeness (QED) is 0.752. The summed E-state index contributed by atoms with van der Waals surface area (Å²) >= 11 is 0. The molecule has 2 amide bonds. The molecule has 7 heteroatoms. The van der Waals surface area contributed by atoms with E-state index in [1.54, 1.807) is 6.07 Å². The van der Waals surface area contributed by atoms with Crippen molar-refractivity contribution < 1.29 is 9.59 Å². The van der Waals surface area contributed by atoms with Crippen LogP contribution in [0.2, 0.25) is 0 Å². The van der Waals surface area contributed by atoms with Crippen molar-refractivity contribution >= 4 is 17.5 Å². The maximum atomic E-state index is 12.2. The van der Waals surface area contributed by atoms with E-state index in [0.29, 0.717) is 6.54 Å². The highest BCUT2D eigenvalue weighted by atomic mass is 16.2. The monoisotopic (exact) mass is 354 g/mol. The van der Waals surface area contributed by atoms with E-state index in [1.165, 1.54) is 12.3 Å². The fourth-order valence-corrected chi connectivity index (χ4v) is 3.02. The van der Waals surface area contributed by atoms with Crippen molar-refractivity contribution in [2.75, 3.05) is 25.0 Å². The number of aromatic amines is 1. The summed E-state index contributed by atoms with van der Waals surface area (Å²) in [5.41, 5.74) is 0.518. The standard InChI is InChI=1S/C19H22N4O3/c24-17(21-14-5-2-1-3-6-14)13-23-11-8-15(9-12-23)22-19(26)16-7-4-10-20-18(16)25/h1-7,10,15H,8-9,11-13H2,(H,20,25)(H,21,24)(H,22,26). The molecule has 1 aliphatic heterocycles. The Morgan fingerprint density at radius 1 is 1.08 bits per heavy atom. The van der Waals surface area contributed by atoms with Crippen LogP contribution in [0, 0.1) is 0 Å². The topological polar surface area (TPSA) is 94.3 Å². The van der Waals surface area contributed by atoms with Crippen molar-refractivity contribution in [3.05, 3.63) is 64.6 Å². The molecule has 2 aromatic rings. The van der Waals surface area contributed by atoms with Gasteiger partial charge in [0, 0.05) is 31.0 Å². The van der Waals surface area contributed by atoms with E-state index >= 15 is 0 Å². The summed E-state index contributed by atoms with van der Waals surface area (Å²) in [5, 5.41) is 5.78. The minimum absolute atomic E-state index is 0.00976. The number of nitrogens with zero attached hydrogens (tertiary/aromatic N) is 1. The van der Waals surface area contributed by atoms with Gasteiger partial charge >= 0.3 is 0 Å². The van der Waals surface area contributed by atoms with Gasteiger partial charge in [0.2, 0.25) is 5.91 Å². The molecule has 2 heterocycles.